The molecule has 1 heterocycles. The van der Waals surface area contributed by atoms with Crippen molar-refractivity contribution in [2.24, 2.45) is 0 Å². The van der Waals surface area contributed by atoms with E-state index in [9.17, 15) is 9.90 Å². The summed E-state index contributed by atoms with van der Waals surface area (Å²) in [5.41, 5.74) is 0. The Morgan fingerprint density at radius 2 is 2.43 bits per heavy atom. The number of halogens is 1. The molecule has 1 N–H and O–H groups in total. The van der Waals surface area contributed by atoms with Crippen LogP contribution in [-0.2, 0) is 9.53 Å². The SMILES string of the molecule is COC(=O)[C@@H]1[C@@H](O)CCN1C(C)CCl. The molecule has 1 fully saturated rings. The fourth-order valence-corrected chi connectivity index (χ4v) is 1.97. The number of rotatable bonds is 3. The van der Waals surface area contributed by atoms with Gasteiger partial charge >= 0.3 is 5.97 Å². The van der Waals surface area contributed by atoms with Gasteiger partial charge in [-0.25, -0.2) is 0 Å². The fraction of sp³-hybridized carbons (Fsp3) is 0.889. The maximum absolute atomic E-state index is 11.4. The second-order valence-electron chi connectivity index (χ2n) is 3.57. The molecule has 0 aromatic heterocycles. The summed E-state index contributed by atoms with van der Waals surface area (Å²) in [6.07, 6.45) is -0.0332. The maximum Gasteiger partial charge on any atom is 0.325 e. The van der Waals surface area contributed by atoms with Crippen molar-refractivity contribution in [2.45, 2.75) is 31.5 Å². The quantitative estimate of drug-likeness (QED) is 0.547. The fourth-order valence-electron chi connectivity index (χ4n) is 1.80. The number of hydrogen-bond acceptors (Lipinski definition) is 4. The molecule has 0 aliphatic carbocycles. The minimum atomic E-state index is -0.631. The lowest BCUT2D eigenvalue weighted by Crippen LogP contribution is -2.47. The first kappa shape index (κ1) is 11.8. The zero-order valence-corrected chi connectivity index (χ0v) is 9.20. The normalized spacial score (nSPS) is 30.3. The van der Waals surface area contributed by atoms with Crippen molar-refractivity contribution in [2.75, 3.05) is 19.5 Å². The number of ether oxygens (including phenoxy) is 1. The Morgan fingerprint density at radius 3 is 2.93 bits per heavy atom. The Bertz CT molecular complexity index is 212. The number of methoxy groups -OCH3 is 1. The molecular weight excluding hydrogens is 206 g/mol. The predicted molar refractivity (Wildman–Crippen MR) is 53.3 cm³/mol. The van der Waals surface area contributed by atoms with E-state index < -0.39 is 12.1 Å². The third kappa shape index (κ3) is 2.19. The van der Waals surface area contributed by atoms with Crippen molar-refractivity contribution in [3.63, 3.8) is 0 Å². The van der Waals surface area contributed by atoms with Crippen LogP contribution in [0.3, 0.4) is 0 Å². The zero-order chi connectivity index (χ0) is 10.7. The van der Waals surface area contributed by atoms with Gasteiger partial charge in [-0.15, -0.1) is 11.6 Å². The van der Waals surface area contributed by atoms with Gasteiger partial charge in [-0.05, 0) is 13.3 Å². The first-order valence-electron chi connectivity index (χ1n) is 4.69. The van der Waals surface area contributed by atoms with Gasteiger partial charge in [0.1, 0.15) is 6.04 Å². The van der Waals surface area contributed by atoms with Crippen molar-refractivity contribution < 1.29 is 14.6 Å². The third-order valence-corrected chi connectivity index (χ3v) is 3.08. The van der Waals surface area contributed by atoms with Gasteiger partial charge in [-0.3, -0.25) is 9.69 Å². The molecule has 0 saturated carbocycles. The number of aliphatic hydroxyl groups excluding tert-OH is 1. The number of alkyl halides is 1. The van der Waals surface area contributed by atoms with Crippen molar-refractivity contribution in [3.8, 4) is 0 Å². The molecule has 4 nitrogen and oxygen atoms in total. The van der Waals surface area contributed by atoms with Crippen LogP contribution >= 0.6 is 11.6 Å². The highest BCUT2D eigenvalue weighted by molar-refractivity contribution is 6.18. The molecule has 1 unspecified atom stereocenters. The summed E-state index contributed by atoms with van der Waals surface area (Å²) >= 11 is 5.72. The monoisotopic (exact) mass is 221 g/mol. The van der Waals surface area contributed by atoms with Crippen LogP contribution in [0.1, 0.15) is 13.3 Å². The van der Waals surface area contributed by atoms with Crippen LogP contribution < -0.4 is 0 Å². The molecule has 0 spiro atoms. The number of hydrogen-bond donors (Lipinski definition) is 1. The number of likely N-dealkylation sites (tertiary alicyclic amines) is 1. The minimum absolute atomic E-state index is 0.0814. The summed E-state index contributed by atoms with van der Waals surface area (Å²) in [4.78, 5) is 13.3. The van der Waals surface area contributed by atoms with Crippen LogP contribution in [0, 0.1) is 0 Å². The molecule has 82 valence electrons. The van der Waals surface area contributed by atoms with Crippen molar-refractivity contribution in [3.05, 3.63) is 0 Å². The third-order valence-electron chi connectivity index (χ3n) is 2.64. The maximum atomic E-state index is 11.4. The van der Waals surface area contributed by atoms with Crippen molar-refractivity contribution in [1.82, 2.24) is 4.90 Å². The number of carbonyl (C=O) groups is 1. The lowest BCUT2D eigenvalue weighted by Gasteiger charge is -2.28. The molecule has 0 aromatic rings. The van der Waals surface area contributed by atoms with Crippen LogP contribution in [0.25, 0.3) is 0 Å². The highest BCUT2D eigenvalue weighted by Gasteiger charge is 2.40. The first-order valence-corrected chi connectivity index (χ1v) is 5.22. The standard InChI is InChI=1S/C9H16ClNO3/c1-6(5-10)11-4-3-7(12)8(11)9(13)14-2/h6-8,12H,3-5H2,1-2H3/t6?,7-,8-/m0/s1. The van der Waals surface area contributed by atoms with E-state index in [4.69, 9.17) is 11.6 Å². The molecule has 0 radical (unpaired) electrons. The second kappa shape index (κ2) is 4.96. The number of nitrogens with zero attached hydrogens (tertiary/aromatic N) is 1. The summed E-state index contributed by atoms with van der Waals surface area (Å²) in [5.74, 6) is 0.0622. The van der Waals surface area contributed by atoms with E-state index >= 15 is 0 Å². The van der Waals surface area contributed by atoms with Crippen LogP contribution in [0.5, 0.6) is 0 Å². The molecule has 0 amide bonds. The predicted octanol–water partition coefficient (Wildman–Crippen LogP) is 0.222. The lowest BCUT2D eigenvalue weighted by molar-refractivity contribution is -0.149. The Morgan fingerprint density at radius 1 is 1.79 bits per heavy atom. The van der Waals surface area contributed by atoms with E-state index in [0.29, 0.717) is 18.8 Å². The molecule has 14 heavy (non-hydrogen) atoms. The average molecular weight is 222 g/mol. The van der Waals surface area contributed by atoms with Gasteiger partial charge < -0.3 is 9.84 Å². The highest BCUT2D eigenvalue weighted by Crippen LogP contribution is 2.22. The molecule has 0 bridgehead atoms. The minimum Gasteiger partial charge on any atom is -0.468 e. The van der Waals surface area contributed by atoms with Crippen LogP contribution in [0.2, 0.25) is 0 Å². The molecule has 3 atom stereocenters. The van der Waals surface area contributed by atoms with Crippen LogP contribution in [0.15, 0.2) is 0 Å². The van der Waals surface area contributed by atoms with E-state index in [2.05, 4.69) is 4.74 Å². The van der Waals surface area contributed by atoms with Gasteiger partial charge in [0.25, 0.3) is 0 Å². The number of aliphatic hydroxyl groups is 1. The van der Waals surface area contributed by atoms with E-state index in [-0.39, 0.29) is 12.0 Å². The smallest absolute Gasteiger partial charge is 0.325 e. The average Bonchev–Trinajstić information content (AvgIpc) is 2.58. The largest absolute Gasteiger partial charge is 0.468 e. The molecule has 5 heteroatoms. The number of carbonyl (C=O) groups excluding carboxylic acids is 1. The van der Waals surface area contributed by atoms with Gasteiger partial charge in [-0.2, -0.15) is 0 Å². The summed E-state index contributed by atoms with van der Waals surface area (Å²) in [6.45, 7) is 2.62. The van der Waals surface area contributed by atoms with E-state index in [1.165, 1.54) is 7.11 Å². The molecule has 1 rings (SSSR count). The Hall–Kier alpha value is -0.320. The van der Waals surface area contributed by atoms with Gasteiger partial charge in [0.15, 0.2) is 0 Å². The highest BCUT2D eigenvalue weighted by atomic mass is 35.5. The zero-order valence-electron chi connectivity index (χ0n) is 8.44. The van der Waals surface area contributed by atoms with E-state index in [0.717, 1.165) is 0 Å². The molecule has 1 aliphatic rings. The van der Waals surface area contributed by atoms with E-state index in [1.807, 2.05) is 11.8 Å². The Labute approximate surface area is 88.8 Å². The summed E-state index contributed by atoms with van der Waals surface area (Å²) in [6, 6.07) is -0.466. The first-order chi connectivity index (χ1) is 6.61. The summed E-state index contributed by atoms with van der Waals surface area (Å²) in [7, 11) is 1.33. The topological polar surface area (TPSA) is 49.8 Å². The Balaban J connectivity index is 2.71. The molecule has 1 aliphatic heterocycles. The van der Waals surface area contributed by atoms with Crippen LogP contribution in [-0.4, -0.2) is 53.7 Å². The van der Waals surface area contributed by atoms with Gasteiger partial charge in [-0.1, -0.05) is 0 Å². The van der Waals surface area contributed by atoms with Gasteiger partial charge in [0.2, 0.25) is 0 Å². The van der Waals surface area contributed by atoms with Crippen molar-refractivity contribution in [1.29, 1.82) is 0 Å². The lowest BCUT2D eigenvalue weighted by atomic mass is 10.1. The second-order valence-corrected chi connectivity index (χ2v) is 3.87. The van der Waals surface area contributed by atoms with Gasteiger partial charge in [0.05, 0.1) is 13.2 Å². The molecule has 1 saturated heterocycles. The summed E-state index contributed by atoms with van der Waals surface area (Å²) in [5, 5.41) is 9.62. The summed E-state index contributed by atoms with van der Waals surface area (Å²) < 4.78 is 4.65. The Kier molecular flexibility index (Phi) is 4.16. The van der Waals surface area contributed by atoms with E-state index in [1.54, 1.807) is 0 Å². The molecule has 0 aromatic carbocycles. The van der Waals surface area contributed by atoms with Crippen molar-refractivity contribution >= 4 is 17.6 Å². The van der Waals surface area contributed by atoms with Gasteiger partial charge in [0, 0.05) is 18.5 Å². The van der Waals surface area contributed by atoms with Crippen LogP contribution in [0.4, 0.5) is 0 Å². The molecular formula is C9H16ClNO3. The number of esters is 1.